The van der Waals surface area contributed by atoms with Crippen LogP contribution in [0.5, 0.6) is 0 Å². The summed E-state index contributed by atoms with van der Waals surface area (Å²) in [5.41, 5.74) is 1.02. The van der Waals surface area contributed by atoms with Crippen molar-refractivity contribution in [2.45, 2.75) is 19.6 Å². The van der Waals surface area contributed by atoms with Crippen LogP contribution in [-0.2, 0) is 16.1 Å². The number of pyridine rings is 1. The predicted octanol–water partition coefficient (Wildman–Crippen LogP) is 0.943. The smallest absolute Gasteiger partial charge is 0.332 e. The van der Waals surface area contributed by atoms with Crippen LogP contribution in [-0.4, -0.2) is 22.2 Å². The van der Waals surface area contributed by atoms with E-state index in [4.69, 9.17) is 15.1 Å². The zero-order valence-corrected chi connectivity index (χ0v) is 8.17. The van der Waals surface area contributed by atoms with E-state index in [2.05, 4.69) is 4.98 Å². The van der Waals surface area contributed by atoms with Crippen LogP contribution in [0, 0.1) is 11.3 Å². The first-order valence-electron chi connectivity index (χ1n) is 4.33. The summed E-state index contributed by atoms with van der Waals surface area (Å²) >= 11 is 0. The summed E-state index contributed by atoms with van der Waals surface area (Å²) in [6.07, 6.45) is 0.631. The standard InChI is InChI=1S/C10H10N2O3/c1-7(10(13)14)15-6-8-2-3-12-9(4-8)5-11/h2-4,7H,6H2,1H3,(H,13,14). The molecule has 0 aromatic carbocycles. The highest BCUT2D eigenvalue weighted by Crippen LogP contribution is 2.04. The Morgan fingerprint density at radius 3 is 3.13 bits per heavy atom. The maximum absolute atomic E-state index is 10.5. The Bertz CT molecular complexity index is 398. The molecule has 0 radical (unpaired) electrons. The summed E-state index contributed by atoms with van der Waals surface area (Å²) in [5.74, 6) is -1.01. The number of nitrogens with zero attached hydrogens (tertiary/aromatic N) is 2. The highest BCUT2D eigenvalue weighted by molar-refractivity contribution is 5.71. The van der Waals surface area contributed by atoms with E-state index >= 15 is 0 Å². The van der Waals surface area contributed by atoms with Crippen molar-refractivity contribution in [3.05, 3.63) is 29.6 Å². The van der Waals surface area contributed by atoms with Gasteiger partial charge in [-0.1, -0.05) is 0 Å². The molecule has 0 bridgehead atoms. The van der Waals surface area contributed by atoms with Gasteiger partial charge < -0.3 is 9.84 Å². The molecule has 0 aliphatic heterocycles. The molecule has 0 fully saturated rings. The van der Waals surface area contributed by atoms with Gasteiger partial charge in [0.1, 0.15) is 11.8 Å². The molecule has 5 heteroatoms. The van der Waals surface area contributed by atoms with Crippen LogP contribution in [0.4, 0.5) is 0 Å². The zero-order valence-electron chi connectivity index (χ0n) is 8.17. The monoisotopic (exact) mass is 206 g/mol. The van der Waals surface area contributed by atoms with Crippen molar-refractivity contribution in [2.75, 3.05) is 0 Å². The normalized spacial score (nSPS) is 11.7. The van der Waals surface area contributed by atoms with Gasteiger partial charge in [0.2, 0.25) is 0 Å². The number of aliphatic carboxylic acids is 1. The molecule has 1 N–H and O–H groups in total. The van der Waals surface area contributed by atoms with E-state index in [0.29, 0.717) is 5.69 Å². The van der Waals surface area contributed by atoms with Crippen molar-refractivity contribution in [2.24, 2.45) is 0 Å². The van der Waals surface area contributed by atoms with E-state index < -0.39 is 12.1 Å². The van der Waals surface area contributed by atoms with Crippen molar-refractivity contribution >= 4 is 5.97 Å². The van der Waals surface area contributed by atoms with Crippen molar-refractivity contribution < 1.29 is 14.6 Å². The fraction of sp³-hybridized carbons (Fsp3) is 0.300. The van der Waals surface area contributed by atoms with Crippen LogP contribution in [0.25, 0.3) is 0 Å². The Morgan fingerprint density at radius 2 is 2.53 bits per heavy atom. The molecule has 0 aliphatic carbocycles. The number of ether oxygens (including phenoxy) is 1. The maximum atomic E-state index is 10.5. The second-order valence-corrected chi connectivity index (χ2v) is 2.95. The second kappa shape index (κ2) is 5.08. The quantitative estimate of drug-likeness (QED) is 0.792. The molecule has 5 nitrogen and oxygen atoms in total. The van der Waals surface area contributed by atoms with Crippen LogP contribution in [0.1, 0.15) is 18.2 Å². The average Bonchev–Trinajstić information content (AvgIpc) is 2.26. The summed E-state index contributed by atoms with van der Waals surface area (Å²) in [5, 5.41) is 17.2. The van der Waals surface area contributed by atoms with Gasteiger partial charge in [-0.15, -0.1) is 0 Å². The summed E-state index contributed by atoms with van der Waals surface area (Å²) < 4.78 is 5.05. The molecule has 1 heterocycles. The molecule has 15 heavy (non-hydrogen) atoms. The van der Waals surface area contributed by atoms with Gasteiger partial charge in [0.15, 0.2) is 6.10 Å². The van der Waals surface area contributed by atoms with Crippen LogP contribution in [0.3, 0.4) is 0 Å². The predicted molar refractivity (Wildman–Crippen MR) is 50.8 cm³/mol. The average molecular weight is 206 g/mol. The summed E-state index contributed by atoms with van der Waals surface area (Å²) in [6.45, 7) is 1.61. The molecule has 1 unspecified atom stereocenters. The second-order valence-electron chi connectivity index (χ2n) is 2.95. The van der Waals surface area contributed by atoms with E-state index in [1.165, 1.54) is 13.1 Å². The van der Waals surface area contributed by atoms with Gasteiger partial charge in [0, 0.05) is 6.20 Å². The lowest BCUT2D eigenvalue weighted by atomic mass is 10.2. The highest BCUT2D eigenvalue weighted by atomic mass is 16.5. The van der Waals surface area contributed by atoms with Gasteiger partial charge in [-0.05, 0) is 24.6 Å². The van der Waals surface area contributed by atoms with Gasteiger partial charge in [0.25, 0.3) is 0 Å². The molecule has 0 saturated carbocycles. The van der Waals surface area contributed by atoms with E-state index in [1.54, 1.807) is 12.1 Å². The minimum Gasteiger partial charge on any atom is -0.479 e. The van der Waals surface area contributed by atoms with Crippen molar-refractivity contribution in [3.63, 3.8) is 0 Å². The molecular formula is C10H10N2O3. The molecule has 1 aromatic heterocycles. The number of carboxylic acid groups (broad SMARTS) is 1. The molecule has 1 atom stereocenters. The van der Waals surface area contributed by atoms with Crippen LogP contribution < -0.4 is 0 Å². The molecule has 0 saturated heterocycles. The lowest BCUT2D eigenvalue weighted by Crippen LogP contribution is -2.19. The highest BCUT2D eigenvalue weighted by Gasteiger charge is 2.10. The minimum absolute atomic E-state index is 0.157. The number of rotatable bonds is 4. The van der Waals surface area contributed by atoms with Gasteiger partial charge in [0.05, 0.1) is 6.61 Å². The van der Waals surface area contributed by atoms with E-state index in [-0.39, 0.29) is 6.61 Å². The molecule has 1 aromatic rings. The van der Waals surface area contributed by atoms with Crippen molar-refractivity contribution in [1.82, 2.24) is 4.98 Å². The largest absolute Gasteiger partial charge is 0.479 e. The Balaban J connectivity index is 2.58. The fourth-order valence-corrected chi connectivity index (χ4v) is 0.918. The number of carboxylic acids is 1. The van der Waals surface area contributed by atoms with Gasteiger partial charge in [-0.3, -0.25) is 0 Å². The number of carbonyl (C=O) groups is 1. The topological polar surface area (TPSA) is 83.2 Å². The number of aromatic nitrogens is 1. The first kappa shape index (κ1) is 11.1. The number of hydrogen-bond acceptors (Lipinski definition) is 4. The fourth-order valence-electron chi connectivity index (χ4n) is 0.918. The molecule has 0 aliphatic rings. The zero-order chi connectivity index (χ0) is 11.3. The summed E-state index contributed by atoms with van der Waals surface area (Å²) in [6, 6.07) is 5.13. The van der Waals surface area contributed by atoms with Crippen LogP contribution in [0.2, 0.25) is 0 Å². The Morgan fingerprint density at radius 1 is 1.80 bits per heavy atom. The Labute approximate surface area is 86.9 Å². The van der Waals surface area contributed by atoms with Crippen LogP contribution in [0.15, 0.2) is 18.3 Å². The minimum atomic E-state index is -1.01. The maximum Gasteiger partial charge on any atom is 0.332 e. The summed E-state index contributed by atoms with van der Waals surface area (Å²) in [4.78, 5) is 14.2. The van der Waals surface area contributed by atoms with Crippen molar-refractivity contribution in [3.8, 4) is 6.07 Å². The number of hydrogen-bond donors (Lipinski definition) is 1. The van der Waals surface area contributed by atoms with E-state index in [9.17, 15) is 4.79 Å². The van der Waals surface area contributed by atoms with E-state index in [1.807, 2.05) is 6.07 Å². The van der Waals surface area contributed by atoms with Crippen molar-refractivity contribution in [1.29, 1.82) is 5.26 Å². The Kier molecular flexibility index (Phi) is 3.77. The molecule has 0 amide bonds. The van der Waals surface area contributed by atoms with Gasteiger partial charge in [-0.2, -0.15) is 5.26 Å². The molecular weight excluding hydrogens is 196 g/mol. The molecule has 0 spiro atoms. The third-order valence-electron chi connectivity index (χ3n) is 1.79. The van der Waals surface area contributed by atoms with Gasteiger partial charge in [-0.25, -0.2) is 9.78 Å². The first-order valence-corrected chi connectivity index (χ1v) is 4.33. The third kappa shape index (κ3) is 3.37. The molecule has 1 rings (SSSR count). The van der Waals surface area contributed by atoms with Gasteiger partial charge >= 0.3 is 5.97 Å². The first-order chi connectivity index (χ1) is 7.13. The third-order valence-corrected chi connectivity index (χ3v) is 1.79. The number of nitriles is 1. The van der Waals surface area contributed by atoms with E-state index in [0.717, 1.165) is 5.56 Å². The Hall–Kier alpha value is -1.93. The molecule has 78 valence electrons. The lowest BCUT2D eigenvalue weighted by molar-refractivity contribution is -0.149. The van der Waals surface area contributed by atoms with Crippen LogP contribution >= 0.6 is 0 Å². The SMILES string of the molecule is CC(OCc1ccnc(C#N)c1)C(=O)O. The lowest BCUT2D eigenvalue weighted by Gasteiger charge is -2.07. The summed E-state index contributed by atoms with van der Waals surface area (Å²) in [7, 11) is 0.